The molecular formula is C6H14O12S4. The second-order valence-electron chi connectivity index (χ2n) is 3.79. The van der Waals surface area contributed by atoms with E-state index in [4.69, 9.17) is 9.11 Å². The number of hydrogen-bond acceptors (Lipinski definition) is 10. The van der Waals surface area contributed by atoms with Crippen LogP contribution in [0.4, 0.5) is 0 Å². The highest BCUT2D eigenvalue weighted by Gasteiger charge is 2.35. The van der Waals surface area contributed by atoms with Gasteiger partial charge in [0.05, 0.1) is 13.2 Å². The van der Waals surface area contributed by atoms with Gasteiger partial charge in [0.1, 0.15) is 0 Å². The molecule has 0 aliphatic carbocycles. The third kappa shape index (κ3) is 6.41. The summed E-state index contributed by atoms with van der Waals surface area (Å²) in [6.45, 7) is -0.718. The Hall–Kier alpha value is -0.360. The topological polar surface area (TPSA) is 195 Å². The van der Waals surface area contributed by atoms with E-state index in [9.17, 15) is 33.7 Å². The molecule has 22 heavy (non-hydrogen) atoms. The lowest BCUT2D eigenvalue weighted by molar-refractivity contribution is 0.223. The van der Waals surface area contributed by atoms with Crippen molar-refractivity contribution in [3.63, 3.8) is 0 Å². The van der Waals surface area contributed by atoms with Crippen molar-refractivity contribution in [1.29, 1.82) is 0 Å². The zero-order chi connectivity index (χ0) is 18.0. The zero-order valence-corrected chi connectivity index (χ0v) is 14.4. The van der Waals surface area contributed by atoms with Crippen molar-refractivity contribution in [2.75, 3.05) is 13.2 Å². The Bertz CT molecular complexity index is 716. The fourth-order valence-corrected chi connectivity index (χ4v) is 4.49. The number of hydrogen-bond donors (Lipinski definition) is 2. The molecule has 0 aromatic carbocycles. The van der Waals surface area contributed by atoms with Crippen LogP contribution in [-0.2, 0) is 48.8 Å². The Morgan fingerprint density at radius 3 is 1.09 bits per heavy atom. The predicted octanol–water partition coefficient (Wildman–Crippen LogP) is -1.85. The zero-order valence-electron chi connectivity index (χ0n) is 11.2. The second-order valence-corrected chi connectivity index (χ2v) is 11.7. The highest BCUT2D eigenvalue weighted by molar-refractivity contribution is 8.04. The van der Waals surface area contributed by atoms with Gasteiger partial charge in [-0.25, -0.2) is 0 Å². The molecule has 0 heterocycles. The van der Waals surface area contributed by atoms with Crippen LogP contribution in [0.5, 0.6) is 0 Å². The Balaban J connectivity index is 4.71. The average Bonchev–Trinajstić information content (AvgIpc) is 2.30. The molecule has 2 atom stereocenters. The Morgan fingerprint density at radius 2 is 0.909 bits per heavy atom. The van der Waals surface area contributed by atoms with E-state index in [0.29, 0.717) is 13.8 Å². The van der Waals surface area contributed by atoms with Gasteiger partial charge in [-0.05, 0) is 13.8 Å². The highest BCUT2D eigenvalue weighted by atomic mass is 32.3. The lowest BCUT2D eigenvalue weighted by atomic mass is 10.8. The molecule has 0 bridgehead atoms. The Morgan fingerprint density at radius 1 is 0.682 bits per heavy atom. The molecule has 12 nitrogen and oxygen atoms in total. The third-order valence-electron chi connectivity index (χ3n) is 2.23. The van der Waals surface area contributed by atoms with Gasteiger partial charge in [0, 0.05) is 0 Å². The van der Waals surface area contributed by atoms with Crippen LogP contribution in [0, 0.1) is 0 Å². The maximum Gasteiger partial charge on any atom is 0.287 e. The maximum atomic E-state index is 11.3. The van der Waals surface area contributed by atoms with Gasteiger partial charge in [-0.1, -0.05) is 0 Å². The summed E-state index contributed by atoms with van der Waals surface area (Å²) in [7, 11) is -19.4. The van der Waals surface area contributed by atoms with E-state index in [1.54, 1.807) is 0 Å². The van der Waals surface area contributed by atoms with Crippen LogP contribution in [0.15, 0.2) is 0 Å². The van der Waals surface area contributed by atoms with Gasteiger partial charge in [-0.3, -0.25) is 17.5 Å². The molecule has 0 radical (unpaired) electrons. The average molecular weight is 406 g/mol. The molecule has 16 heteroatoms. The van der Waals surface area contributed by atoms with Crippen molar-refractivity contribution in [3.8, 4) is 0 Å². The van der Waals surface area contributed by atoms with Crippen molar-refractivity contribution >= 4 is 40.5 Å². The fourth-order valence-electron chi connectivity index (χ4n) is 0.790. The van der Waals surface area contributed by atoms with Gasteiger partial charge in [0.25, 0.3) is 40.5 Å². The van der Waals surface area contributed by atoms with E-state index in [1.165, 1.54) is 0 Å². The molecule has 0 saturated carbocycles. The molecule has 0 aliphatic rings. The van der Waals surface area contributed by atoms with Crippen LogP contribution in [0.1, 0.15) is 13.8 Å². The van der Waals surface area contributed by atoms with Gasteiger partial charge in [-0.15, -0.1) is 0 Å². The summed E-state index contributed by atoms with van der Waals surface area (Å²) in [5, 5.41) is 0. The minimum Gasteiger partial charge on any atom is -0.284 e. The lowest BCUT2D eigenvalue weighted by Crippen LogP contribution is -2.31. The largest absolute Gasteiger partial charge is 0.287 e. The molecule has 0 saturated heterocycles. The van der Waals surface area contributed by atoms with Gasteiger partial charge >= 0.3 is 0 Å². The van der Waals surface area contributed by atoms with Crippen LogP contribution in [0.2, 0.25) is 0 Å². The predicted molar refractivity (Wildman–Crippen MR) is 71.8 cm³/mol. The Kier molecular flexibility index (Phi) is 6.92. The van der Waals surface area contributed by atoms with Gasteiger partial charge in [-0.2, -0.15) is 33.7 Å². The summed E-state index contributed by atoms with van der Waals surface area (Å²) in [5.74, 6) is 0. The van der Waals surface area contributed by atoms with E-state index in [1.807, 2.05) is 0 Å². The van der Waals surface area contributed by atoms with Crippen LogP contribution < -0.4 is 0 Å². The van der Waals surface area contributed by atoms with Crippen molar-refractivity contribution < 1.29 is 51.1 Å². The Labute approximate surface area is 128 Å². The quantitative estimate of drug-likeness (QED) is 0.247. The molecule has 0 aromatic heterocycles. The van der Waals surface area contributed by atoms with Crippen molar-refractivity contribution in [2.24, 2.45) is 0 Å². The number of rotatable bonds is 9. The normalized spacial score (nSPS) is 17.1. The van der Waals surface area contributed by atoms with E-state index < -0.39 is 62.9 Å². The first-order chi connectivity index (χ1) is 9.52. The lowest BCUT2D eigenvalue weighted by Gasteiger charge is -2.12. The molecule has 2 N–H and O–H groups in total. The molecule has 2 unspecified atom stereocenters. The van der Waals surface area contributed by atoms with Crippen LogP contribution in [-0.4, -0.2) is 65.2 Å². The molecule has 0 spiro atoms. The SMILES string of the molecule is CC(S(=O)(=O)O)S(=O)(=O)OCCOS(=O)(=O)C(C)S(=O)(=O)O. The third-order valence-corrected chi connectivity index (χ3v) is 9.40. The van der Waals surface area contributed by atoms with E-state index in [2.05, 4.69) is 8.37 Å². The summed E-state index contributed by atoms with van der Waals surface area (Å²) in [5.41, 5.74) is 0. The monoisotopic (exact) mass is 406 g/mol. The maximum absolute atomic E-state index is 11.3. The molecule has 0 aliphatic heterocycles. The molecular weight excluding hydrogens is 392 g/mol. The van der Waals surface area contributed by atoms with Crippen LogP contribution in [0.25, 0.3) is 0 Å². The molecule has 0 rings (SSSR count). The first-order valence-corrected chi connectivity index (χ1v) is 11.2. The summed E-state index contributed by atoms with van der Waals surface area (Å²) in [6.07, 6.45) is 0. The van der Waals surface area contributed by atoms with E-state index in [-0.39, 0.29) is 0 Å². The summed E-state index contributed by atoms with van der Waals surface area (Å²) in [4.78, 5) is 0. The van der Waals surface area contributed by atoms with Crippen molar-refractivity contribution in [2.45, 2.75) is 23.0 Å². The van der Waals surface area contributed by atoms with Crippen LogP contribution in [0.3, 0.4) is 0 Å². The molecule has 0 aromatic rings. The van der Waals surface area contributed by atoms with Gasteiger partial charge in [0.2, 0.25) is 9.16 Å². The van der Waals surface area contributed by atoms with Crippen molar-refractivity contribution in [3.05, 3.63) is 0 Å². The smallest absolute Gasteiger partial charge is 0.284 e. The standard InChI is InChI=1S/C6H14O12S4/c1-5(19(7,8)9)21(13,14)17-3-4-18-22(15,16)6(2)20(10,11)12/h5-6H,3-4H2,1-2H3,(H,7,8,9)(H,10,11,12). The van der Waals surface area contributed by atoms with Crippen molar-refractivity contribution in [1.82, 2.24) is 0 Å². The minimum absolute atomic E-state index is 0.614. The van der Waals surface area contributed by atoms with E-state index >= 15 is 0 Å². The fraction of sp³-hybridized carbons (Fsp3) is 1.00. The highest BCUT2D eigenvalue weighted by Crippen LogP contribution is 2.12. The molecule has 134 valence electrons. The first kappa shape index (κ1) is 21.6. The summed E-state index contributed by atoms with van der Waals surface area (Å²) >= 11 is 0. The molecule has 0 amide bonds. The summed E-state index contributed by atoms with van der Waals surface area (Å²) in [6, 6.07) is 0. The second kappa shape index (κ2) is 7.04. The van der Waals surface area contributed by atoms with E-state index in [0.717, 1.165) is 0 Å². The summed E-state index contributed by atoms with van der Waals surface area (Å²) < 4.78 is 108. The minimum atomic E-state index is -4.94. The molecule has 0 fully saturated rings. The van der Waals surface area contributed by atoms with Gasteiger partial charge < -0.3 is 0 Å². The van der Waals surface area contributed by atoms with Gasteiger partial charge in [0.15, 0.2) is 0 Å². The van der Waals surface area contributed by atoms with Crippen LogP contribution >= 0.6 is 0 Å². The first-order valence-electron chi connectivity index (χ1n) is 5.21.